The maximum Gasteiger partial charge on any atom is 0.308 e. The molecular formula is C19H22FN3O3. The van der Waals surface area contributed by atoms with Crippen molar-refractivity contribution >= 4 is 11.9 Å². The fraction of sp³-hybridized carbons (Fsp3) is 0.421. The molecule has 1 heterocycles. The van der Waals surface area contributed by atoms with Crippen LogP contribution >= 0.6 is 0 Å². The van der Waals surface area contributed by atoms with Crippen LogP contribution in [0, 0.1) is 18.7 Å². The number of hydrogen-bond acceptors (Lipinski definition) is 3. The van der Waals surface area contributed by atoms with E-state index in [1.54, 1.807) is 32.9 Å². The lowest BCUT2D eigenvalue weighted by Crippen LogP contribution is -2.40. The van der Waals surface area contributed by atoms with Crippen molar-refractivity contribution in [1.29, 1.82) is 0 Å². The van der Waals surface area contributed by atoms with Crippen LogP contribution in [0.4, 0.5) is 4.39 Å². The standard InChI is InChI=1S/C19H22FN3O3/c1-10-6-4-8-14(20)17(10)23-15-9-5-7-13(15)16(22-23)18(24)21-12(3)11(2)19(25)26/h4,6,8,11-12H,5,7,9H2,1-3H3,(H,21,24)(H,25,26). The van der Waals surface area contributed by atoms with Gasteiger partial charge in [-0.05, 0) is 51.7 Å². The molecule has 2 unspecified atom stereocenters. The topological polar surface area (TPSA) is 84.2 Å². The summed E-state index contributed by atoms with van der Waals surface area (Å²) < 4.78 is 15.9. The molecule has 1 amide bonds. The van der Waals surface area contributed by atoms with Gasteiger partial charge in [-0.1, -0.05) is 12.1 Å². The van der Waals surface area contributed by atoms with Crippen LogP contribution in [0.1, 0.15) is 47.6 Å². The number of halogens is 1. The summed E-state index contributed by atoms with van der Waals surface area (Å²) in [6.07, 6.45) is 2.31. The molecule has 0 saturated carbocycles. The minimum Gasteiger partial charge on any atom is -0.481 e. The summed E-state index contributed by atoms with van der Waals surface area (Å²) in [4.78, 5) is 23.8. The number of nitrogens with one attached hydrogen (secondary N) is 1. The Morgan fingerprint density at radius 3 is 2.69 bits per heavy atom. The number of benzene rings is 1. The Hall–Kier alpha value is -2.70. The first-order valence-electron chi connectivity index (χ1n) is 8.71. The number of amides is 1. The zero-order chi connectivity index (χ0) is 19.0. The lowest BCUT2D eigenvalue weighted by Gasteiger charge is -2.17. The smallest absolute Gasteiger partial charge is 0.308 e. The highest BCUT2D eigenvalue weighted by Gasteiger charge is 2.30. The zero-order valence-corrected chi connectivity index (χ0v) is 15.0. The van der Waals surface area contributed by atoms with E-state index in [1.165, 1.54) is 10.7 Å². The van der Waals surface area contributed by atoms with E-state index >= 15 is 0 Å². The van der Waals surface area contributed by atoms with Gasteiger partial charge in [0.05, 0.1) is 5.92 Å². The molecule has 0 spiro atoms. The van der Waals surface area contributed by atoms with Gasteiger partial charge in [0.25, 0.3) is 5.91 Å². The van der Waals surface area contributed by atoms with Crippen molar-refractivity contribution in [2.45, 2.75) is 46.1 Å². The van der Waals surface area contributed by atoms with Gasteiger partial charge in [0.1, 0.15) is 11.5 Å². The van der Waals surface area contributed by atoms with Crippen LogP contribution < -0.4 is 5.32 Å². The van der Waals surface area contributed by atoms with Crippen LogP contribution in [-0.4, -0.2) is 32.8 Å². The largest absolute Gasteiger partial charge is 0.481 e. The Morgan fingerprint density at radius 2 is 2.04 bits per heavy atom. The van der Waals surface area contributed by atoms with Crippen molar-refractivity contribution in [2.75, 3.05) is 0 Å². The van der Waals surface area contributed by atoms with Crippen molar-refractivity contribution in [1.82, 2.24) is 15.1 Å². The van der Waals surface area contributed by atoms with Gasteiger partial charge in [0, 0.05) is 17.3 Å². The summed E-state index contributed by atoms with van der Waals surface area (Å²) in [5.41, 5.74) is 3.02. The predicted molar refractivity (Wildman–Crippen MR) is 94.0 cm³/mol. The molecule has 1 aliphatic rings. The minimum atomic E-state index is -0.976. The average Bonchev–Trinajstić information content (AvgIpc) is 3.17. The van der Waals surface area contributed by atoms with E-state index in [0.29, 0.717) is 12.1 Å². The molecule has 1 aliphatic carbocycles. The van der Waals surface area contributed by atoms with E-state index in [-0.39, 0.29) is 11.5 Å². The Balaban J connectivity index is 1.98. The fourth-order valence-electron chi connectivity index (χ4n) is 3.31. The van der Waals surface area contributed by atoms with Gasteiger partial charge in [-0.3, -0.25) is 9.59 Å². The molecule has 2 N–H and O–H groups in total. The van der Waals surface area contributed by atoms with Crippen LogP contribution in [0.5, 0.6) is 0 Å². The highest BCUT2D eigenvalue weighted by Crippen LogP contribution is 2.30. The number of carbonyl (C=O) groups excluding carboxylic acids is 1. The lowest BCUT2D eigenvalue weighted by molar-refractivity contribution is -0.141. The molecule has 6 nitrogen and oxygen atoms in total. The summed E-state index contributed by atoms with van der Waals surface area (Å²) in [5, 5.41) is 16.2. The van der Waals surface area contributed by atoms with Crippen molar-refractivity contribution in [3.8, 4) is 5.69 Å². The van der Waals surface area contributed by atoms with Gasteiger partial charge in [-0.15, -0.1) is 0 Å². The molecule has 138 valence electrons. The highest BCUT2D eigenvalue weighted by molar-refractivity contribution is 5.94. The molecule has 2 aromatic rings. The normalized spacial score (nSPS) is 15.4. The number of carboxylic acid groups (broad SMARTS) is 1. The van der Waals surface area contributed by atoms with Gasteiger partial charge < -0.3 is 10.4 Å². The monoisotopic (exact) mass is 359 g/mol. The molecule has 0 aliphatic heterocycles. The van der Waals surface area contributed by atoms with Crippen molar-refractivity contribution < 1.29 is 19.1 Å². The molecule has 1 aromatic carbocycles. The SMILES string of the molecule is Cc1cccc(F)c1-n1nc(C(=O)NC(C)C(C)C(=O)O)c2c1CCC2. The quantitative estimate of drug-likeness (QED) is 0.860. The molecule has 2 atom stereocenters. The number of para-hydroxylation sites is 1. The number of carboxylic acids is 1. The van der Waals surface area contributed by atoms with Crippen LogP contribution in [0.25, 0.3) is 5.69 Å². The summed E-state index contributed by atoms with van der Waals surface area (Å²) >= 11 is 0. The van der Waals surface area contributed by atoms with Crippen molar-refractivity contribution in [3.05, 3.63) is 46.5 Å². The van der Waals surface area contributed by atoms with Gasteiger partial charge in [0.15, 0.2) is 5.69 Å². The second kappa shape index (κ2) is 6.90. The summed E-state index contributed by atoms with van der Waals surface area (Å²) in [6.45, 7) is 4.99. The minimum absolute atomic E-state index is 0.254. The Kier molecular flexibility index (Phi) is 4.80. The third-order valence-corrected chi connectivity index (χ3v) is 5.04. The van der Waals surface area contributed by atoms with Crippen LogP contribution in [0.3, 0.4) is 0 Å². The molecule has 0 bridgehead atoms. The number of aryl methyl sites for hydroxylation is 1. The first-order valence-corrected chi connectivity index (χ1v) is 8.71. The van der Waals surface area contributed by atoms with E-state index in [2.05, 4.69) is 10.4 Å². The molecule has 0 saturated heterocycles. The fourth-order valence-corrected chi connectivity index (χ4v) is 3.31. The Morgan fingerprint density at radius 1 is 1.31 bits per heavy atom. The molecule has 0 radical (unpaired) electrons. The van der Waals surface area contributed by atoms with Gasteiger partial charge in [-0.25, -0.2) is 9.07 Å². The van der Waals surface area contributed by atoms with Gasteiger partial charge in [0.2, 0.25) is 0 Å². The predicted octanol–water partition coefficient (Wildman–Crippen LogP) is 2.65. The Bertz CT molecular complexity index is 855. The van der Waals surface area contributed by atoms with E-state index in [0.717, 1.165) is 29.7 Å². The number of aromatic nitrogens is 2. The van der Waals surface area contributed by atoms with E-state index < -0.39 is 23.8 Å². The molecule has 7 heteroatoms. The van der Waals surface area contributed by atoms with E-state index in [1.807, 2.05) is 0 Å². The Labute approximate surface area is 151 Å². The molecular weight excluding hydrogens is 337 g/mol. The molecule has 3 rings (SSSR count). The van der Waals surface area contributed by atoms with Crippen LogP contribution in [-0.2, 0) is 17.6 Å². The zero-order valence-electron chi connectivity index (χ0n) is 15.0. The number of rotatable bonds is 5. The van der Waals surface area contributed by atoms with E-state index in [9.17, 15) is 14.0 Å². The lowest BCUT2D eigenvalue weighted by atomic mass is 10.0. The maximum atomic E-state index is 14.4. The maximum absolute atomic E-state index is 14.4. The number of fused-ring (bicyclic) bond motifs is 1. The van der Waals surface area contributed by atoms with Crippen LogP contribution in [0.2, 0.25) is 0 Å². The number of nitrogens with zero attached hydrogens (tertiary/aromatic N) is 2. The number of aliphatic carboxylic acids is 1. The summed E-state index contributed by atoms with van der Waals surface area (Å²) in [5.74, 6) is -2.50. The number of hydrogen-bond donors (Lipinski definition) is 2. The van der Waals surface area contributed by atoms with Gasteiger partial charge in [-0.2, -0.15) is 5.10 Å². The number of carbonyl (C=O) groups is 2. The first-order chi connectivity index (χ1) is 12.3. The molecule has 0 fully saturated rings. The van der Waals surface area contributed by atoms with E-state index in [4.69, 9.17) is 5.11 Å². The second-order valence-corrected chi connectivity index (χ2v) is 6.83. The van der Waals surface area contributed by atoms with Crippen molar-refractivity contribution in [3.63, 3.8) is 0 Å². The summed E-state index contributed by atoms with van der Waals surface area (Å²) in [7, 11) is 0. The first kappa shape index (κ1) is 18.1. The second-order valence-electron chi connectivity index (χ2n) is 6.83. The van der Waals surface area contributed by atoms with Crippen molar-refractivity contribution in [2.24, 2.45) is 5.92 Å². The molecule has 1 aromatic heterocycles. The third-order valence-electron chi connectivity index (χ3n) is 5.04. The third kappa shape index (κ3) is 3.09. The average molecular weight is 359 g/mol. The van der Waals surface area contributed by atoms with Gasteiger partial charge >= 0.3 is 5.97 Å². The molecule has 26 heavy (non-hydrogen) atoms. The van der Waals surface area contributed by atoms with Crippen LogP contribution in [0.15, 0.2) is 18.2 Å². The summed E-state index contributed by atoms with van der Waals surface area (Å²) in [6, 6.07) is 4.28. The highest BCUT2D eigenvalue weighted by atomic mass is 19.1.